The first-order valence-corrected chi connectivity index (χ1v) is 7.17. The van der Waals surface area contributed by atoms with Gasteiger partial charge in [-0.05, 0) is 57.2 Å². The fourth-order valence-corrected chi connectivity index (χ4v) is 3.16. The van der Waals surface area contributed by atoms with Crippen LogP contribution in [0, 0.1) is 5.82 Å². The van der Waals surface area contributed by atoms with Gasteiger partial charge in [0.1, 0.15) is 5.82 Å². The molecule has 1 unspecified atom stereocenters. The van der Waals surface area contributed by atoms with Crippen LogP contribution in [0.5, 0.6) is 0 Å². The maximum Gasteiger partial charge on any atom is 0.124 e. The third kappa shape index (κ3) is 3.77. The molecule has 0 aromatic heterocycles. The van der Waals surface area contributed by atoms with Crippen LogP contribution in [0.4, 0.5) is 4.39 Å². The second-order valence-corrected chi connectivity index (χ2v) is 6.17. The lowest BCUT2D eigenvalue weighted by molar-refractivity contribution is 0.215. The molecule has 0 spiro atoms. The Morgan fingerprint density at radius 1 is 1.44 bits per heavy atom. The van der Waals surface area contributed by atoms with E-state index in [0.29, 0.717) is 6.04 Å². The van der Waals surface area contributed by atoms with E-state index in [-0.39, 0.29) is 5.82 Å². The van der Waals surface area contributed by atoms with Crippen LogP contribution in [0.25, 0.3) is 0 Å². The Kier molecular flexibility index (Phi) is 4.76. The molecule has 1 heterocycles. The minimum absolute atomic E-state index is 0.175. The largest absolute Gasteiger partial charge is 0.302 e. The highest BCUT2D eigenvalue weighted by molar-refractivity contribution is 9.10. The van der Waals surface area contributed by atoms with Gasteiger partial charge in [0, 0.05) is 23.6 Å². The number of likely N-dealkylation sites (tertiary alicyclic amines) is 1. The molecule has 0 N–H and O–H groups in total. The molecule has 0 saturated carbocycles. The van der Waals surface area contributed by atoms with Crippen molar-refractivity contribution >= 4 is 15.9 Å². The van der Waals surface area contributed by atoms with Gasteiger partial charge in [-0.3, -0.25) is 0 Å². The van der Waals surface area contributed by atoms with Gasteiger partial charge >= 0.3 is 0 Å². The van der Waals surface area contributed by atoms with Crippen molar-refractivity contribution in [2.45, 2.75) is 25.4 Å². The molecule has 1 saturated heterocycles. The lowest BCUT2D eigenvalue weighted by atomic mass is 10.1. The molecule has 0 bridgehead atoms. The fraction of sp³-hybridized carbons (Fsp3) is 0.571. The van der Waals surface area contributed by atoms with E-state index in [1.807, 2.05) is 6.07 Å². The molecule has 18 heavy (non-hydrogen) atoms. The molecule has 1 aromatic carbocycles. The fourth-order valence-electron chi connectivity index (χ4n) is 2.65. The second-order valence-electron chi connectivity index (χ2n) is 5.25. The van der Waals surface area contributed by atoms with E-state index in [1.54, 1.807) is 6.07 Å². The Labute approximate surface area is 117 Å². The number of likely N-dealkylation sites (N-methyl/N-ethyl adjacent to an activating group) is 2. The summed E-state index contributed by atoms with van der Waals surface area (Å²) in [7, 11) is 4.29. The molecule has 1 aliphatic heterocycles. The number of nitrogens with zero attached hydrogens (tertiary/aromatic N) is 2. The normalized spacial score (nSPS) is 20.8. The number of benzene rings is 1. The molecule has 0 aliphatic carbocycles. The van der Waals surface area contributed by atoms with Gasteiger partial charge in [-0.2, -0.15) is 0 Å². The van der Waals surface area contributed by atoms with Crippen molar-refractivity contribution < 1.29 is 4.39 Å². The van der Waals surface area contributed by atoms with Crippen molar-refractivity contribution in [2.75, 3.05) is 27.2 Å². The summed E-state index contributed by atoms with van der Waals surface area (Å²) in [5.41, 5.74) is 1.02. The van der Waals surface area contributed by atoms with Crippen LogP contribution in [0.3, 0.4) is 0 Å². The first-order valence-electron chi connectivity index (χ1n) is 6.38. The van der Waals surface area contributed by atoms with Gasteiger partial charge in [0.15, 0.2) is 0 Å². The van der Waals surface area contributed by atoms with Crippen molar-refractivity contribution in [1.29, 1.82) is 0 Å². The van der Waals surface area contributed by atoms with Gasteiger partial charge in [0.05, 0.1) is 0 Å². The predicted octanol–water partition coefficient (Wildman–Crippen LogP) is 3.11. The maximum atomic E-state index is 13.3. The highest BCUT2D eigenvalue weighted by atomic mass is 79.9. The van der Waals surface area contributed by atoms with Crippen LogP contribution in [0.1, 0.15) is 18.4 Å². The first-order chi connectivity index (χ1) is 8.54. The zero-order chi connectivity index (χ0) is 13.1. The van der Waals surface area contributed by atoms with Crippen molar-refractivity contribution in [2.24, 2.45) is 0 Å². The maximum absolute atomic E-state index is 13.3. The SMILES string of the molecule is CN(Cc1cc(F)cc(Br)c1)CC1CCCN1C. The van der Waals surface area contributed by atoms with Gasteiger partial charge in [-0.15, -0.1) is 0 Å². The van der Waals surface area contributed by atoms with E-state index in [4.69, 9.17) is 0 Å². The number of hydrogen-bond donors (Lipinski definition) is 0. The van der Waals surface area contributed by atoms with Gasteiger partial charge < -0.3 is 9.80 Å². The van der Waals surface area contributed by atoms with Gasteiger partial charge in [-0.1, -0.05) is 15.9 Å². The molecule has 1 fully saturated rings. The molecular formula is C14H20BrFN2. The van der Waals surface area contributed by atoms with Gasteiger partial charge in [0.2, 0.25) is 0 Å². The zero-order valence-corrected chi connectivity index (χ0v) is 12.6. The summed E-state index contributed by atoms with van der Waals surface area (Å²) < 4.78 is 14.1. The summed E-state index contributed by atoms with van der Waals surface area (Å²) in [4.78, 5) is 4.69. The van der Waals surface area contributed by atoms with Crippen molar-refractivity contribution in [3.05, 3.63) is 34.1 Å². The quantitative estimate of drug-likeness (QED) is 0.842. The Hall–Kier alpha value is -0.450. The summed E-state index contributed by atoms with van der Waals surface area (Å²) >= 11 is 3.33. The van der Waals surface area contributed by atoms with Crippen LogP contribution >= 0.6 is 15.9 Å². The first kappa shape index (κ1) is 14.0. The summed E-state index contributed by atoms with van der Waals surface area (Å²) in [6.45, 7) is 3.04. The highest BCUT2D eigenvalue weighted by Gasteiger charge is 2.21. The molecule has 2 nitrogen and oxygen atoms in total. The molecule has 100 valence electrons. The van der Waals surface area contributed by atoms with Crippen molar-refractivity contribution in [1.82, 2.24) is 9.80 Å². The van der Waals surface area contributed by atoms with E-state index in [2.05, 4.69) is 39.8 Å². The Morgan fingerprint density at radius 3 is 2.83 bits per heavy atom. The molecule has 1 aliphatic rings. The minimum Gasteiger partial charge on any atom is -0.302 e. The molecule has 4 heteroatoms. The average molecular weight is 315 g/mol. The second kappa shape index (κ2) is 6.13. The zero-order valence-electron chi connectivity index (χ0n) is 11.0. The standard InChI is InChI=1S/C14H20BrFN2/c1-17(10-14-4-3-5-18(14)2)9-11-6-12(15)8-13(16)7-11/h6-8,14H,3-5,9-10H2,1-2H3. The summed E-state index contributed by atoms with van der Waals surface area (Å²) in [5.74, 6) is -0.175. The van der Waals surface area contributed by atoms with Crippen LogP contribution in [-0.4, -0.2) is 43.0 Å². The smallest absolute Gasteiger partial charge is 0.124 e. The summed E-state index contributed by atoms with van der Waals surface area (Å²) in [6.07, 6.45) is 2.56. The topological polar surface area (TPSA) is 6.48 Å². The lowest BCUT2D eigenvalue weighted by Crippen LogP contribution is -2.36. The third-order valence-electron chi connectivity index (χ3n) is 3.57. The lowest BCUT2D eigenvalue weighted by Gasteiger charge is -2.25. The van der Waals surface area contributed by atoms with E-state index >= 15 is 0 Å². The Balaban J connectivity index is 1.92. The molecular weight excluding hydrogens is 295 g/mol. The number of rotatable bonds is 4. The third-order valence-corrected chi connectivity index (χ3v) is 4.03. The molecule has 1 atom stereocenters. The summed E-state index contributed by atoms with van der Waals surface area (Å²) in [6, 6.07) is 5.73. The van der Waals surface area contributed by atoms with Gasteiger partial charge in [0.25, 0.3) is 0 Å². The van der Waals surface area contributed by atoms with Crippen LogP contribution in [0.15, 0.2) is 22.7 Å². The molecule has 0 amide bonds. The molecule has 0 radical (unpaired) electrons. The van der Waals surface area contributed by atoms with Crippen molar-refractivity contribution in [3.63, 3.8) is 0 Å². The van der Waals surface area contributed by atoms with E-state index in [0.717, 1.165) is 23.1 Å². The minimum atomic E-state index is -0.175. The predicted molar refractivity (Wildman–Crippen MR) is 76.1 cm³/mol. The monoisotopic (exact) mass is 314 g/mol. The van der Waals surface area contributed by atoms with E-state index in [9.17, 15) is 4.39 Å². The number of hydrogen-bond acceptors (Lipinski definition) is 2. The van der Waals surface area contributed by atoms with Crippen molar-refractivity contribution in [3.8, 4) is 0 Å². The summed E-state index contributed by atoms with van der Waals surface area (Å²) in [5, 5.41) is 0. The van der Waals surface area contributed by atoms with Crippen LogP contribution in [0.2, 0.25) is 0 Å². The van der Waals surface area contributed by atoms with Crippen LogP contribution < -0.4 is 0 Å². The van der Waals surface area contributed by atoms with Gasteiger partial charge in [-0.25, -0.2) is 4.39 Å². The Morgan fingerprint density at radius 2 is 2.22 bits per heavy atom. The van der Waals surface area contributed by atoms with E-state index in [1.165, 1.54) is 25.5 Å². The average Bonchev–Trinajstić information content (AvgIpc) is 2.62. The van der Waals surface area contributed by atoms with Crippen LogP contribution in [-0.2, 0) is 6.54 Å². The number of halogens is 2. The Bertz CT molecular complexity index is 391. The highest BCUT2D eigenvalue weighted by Crippen LogP contribution is 2.18. The molecule has 1 aromatic rings. The van der Waals surface area contributed by atoms with E-state index < -0.39 is 0 Å². The molecule has 2 rings (SSSR count).